The van der Waals surface area contributed by atoms with Gasteiger partial charge in [-0.3, -0.25) is 19.1 Å². The lowest BCUT2D eigenvalue weighted by Gasteiger charge is -2.19. The number of aromatic nitrogens is 2. The van der Waals surface area contributed by atoms with Gasteiger partial charge in [-0.05, 0) is 23.0 Å². The number of carbonyl (C=O) groups is 1. The van der Waals surface area contributed by atoms with Gasteiger partial charge in [0.1, 0.15) is 4.83 Å². The maximum atomic E-state index is 13.1. The summed E-state index contributed by atoms with van der Waals surface area (Å²) in [6, 6.07) is 8.21. The summed E-state index contributed by atoms with van der Waals surface area (Å²) in [7, 11) is 0. The van der Waals surface area contributed by atoms with Crippen LogP contribution in [0, 0.1) is 0 Å². The lowest BCUT2D eigenvalue weighted by molar-refractivity contribution is -0.118. The molecule has 6 nitrogen and oxygen atoms in total. The van der Waals surface area contributed by atoms with Gasteiger partial charge in [-0.15, -0.1) is 11.3 Å². The van der Waals surface area contributed by atoms with Gasteiger partial charge in [0.05, 0.1) is 5.39 Å². The van der Waals surface area contributed by atoms with E-state index in [0.29, 0.717) is 10.2 Å². The van der Waals surface area contributed by atoms with E-state index < -0.39 is 11.6 Å². The predicted octanol–water partition coefficient (Wildman–Crippen LogP) is 3.15. The highest BCUT2D eigenvalue weighted by molar-refractivity contribution is 7.19. The number of aryl methyl sites for hydroxylation is 1. The van der Waals surface area contributed by atoms with Crippen molar-refractivity contribution in [2.75, 3.05) is 0 Å². The first-order chi connectivity index (χ1) is 13.1. The molecule has 0 fully saturated rings. The fraction of sp³-hybridized carbons (Fsp3) is 0.381. The molecular weight excluding hydrogens is 374 g/mol. The number of rotatable bonds is 5. The first-order valence-corrected chi connectivity index (χ1v) is 10.1. The molecule has 3 rings (SSSR count). The van der Waals surface area contributed by atoms with Gasteiger partial charge in [0.15, 0.2) is 0 Å². The molecule has 1 aromatic carbocycles. The van der Waals surface area contributed by atoms with Crippen molar-refractivity contribution in [1.82, 2.24) is 9.55 Å². The third-order valence-electron chi connectivity index (χ3n) is 4.85. The number of hydrogen-bond donors (Lipinski definition) is 2. The smallest absolute Gasteiger partial charge is 0.329 e. The molecule has 3 N–H and O–H groups in total. The maximum absolute atomic E-state index is 13.1. The highest BCUT2D eigenvalue weighted by Gasteiger charge is 2.20. The Morgan fingerprint density at radius 2 is 1.82 bits per heavy atom. The molecule has 0 aliphatic rings. The summed E-state index contributed by atoms with van der Waals surface area (Å²) in [6.45, 7) is 8.46. The van der Waals surface area contributed by atoms with Crippen molar-refractivity contribution < 1.29 is 4.79 Å². The van der Waals surface area contributed by atoms with Gasteiger partial charge in [0, 0.05) is 23.4 Å². The molecule has 2 aromatic heterocycles. The van der Waals surface area contributed by atoms with E-state index in [1.54, 1.807) is 0 Å². The number of nitrogens with zero attached hydrogens (tertiary/aromatic N) is 1. The van der Waals surface area contributed by atoms with Crippen LogP contribution in [0.4, 0.5) is 0 Å². The van der Waals surface area contributed by atoms with E-state index in [1.165, 1.54) is 16.9 Å². The van der Waals surface area contributed by atoms with Crippen molar-refractivity contribution >= 4 is 27.5 Å². The number of hydrogen-bond acceptors (Lipinski definition) is 4. The lowest BCUT2D eigenvalue weighted by atomic mass is 9.86. The Bertz CT molecular complexity index is 1150. The van der Waals surface area contributed by atoms with Gasteiger partial charge in [-0.1, -0.05) is 52.0 Å². The number of thiophene rings is 1. The van der Waals surface area contributed by atoms with Gasteiger partial charge in [-0.25, -0.2) is 4.79 Å². The van der Waals surface area contributed by atoms with Crippen LogP contribution in [0.1, 0.15) is 44.6 Å². The summed E-state index contributed by atoms with van der Waals surface area (Å²) in [6.07, 6.45) is 0.688. The number of aromatic amines is 1. The zero-order valence-corrected chi connectivity index (χ0v) is 17.4. The predicted molar refractivity (Wildman–Crippen MR) is 114 cm³/mol. The molecule has 0 saturated carbocycles. The average molecular weight is 400 g/mol. The van der Waals surface area contributed by atoms with Crippen molar-refractivity contribution in [2.45, 2.75) is 52.5 Å². The van der Waals surface area contributed by atoms with Crippen LogP contribution in [0.3, 0.4) is 0 Å². The van der Waals surface area contributed by atoms with E-state index in [1.807, 2.05) is 19.1 Å². The Morgan fingerprint density at radius 1 is 1.18 bits per heavy atom. The normalized spacial score (nSPS) is 11.9. The molecule has 148 valence electrons. The molecule has 28 heavy (non-hydrogen) atoms. The van der Waals surface area contributed by atoms with Crippen LogP contribution in [0.2, 0.25) is 0 Å². The molecule has 0 aliphatic carbocycles. The third kappa shape index (κ3) is 3.67. The third-order valence-corrected chi connectivity index (χ3v) is 6.10. The number of fused-ring (bicyclic) bond motifs is 1. The summed E-state index contributed by atoms with van der Waals surface area (Å²) in [5, 5.41) is 0.495. The average Bonchev–Trinajstić information content (AvgIpc) is 2.99. The topological polar surface area (TPSA) is 97.9 Å². The Morgan fingerprint density at radius 3 is 2.36 bits per heavy atom. The highest BCUT2D eigenvalue weighted by Crippen LogP contribution is 2.37. The van der Waals surface area contributed by atoms with E-state index in [-0.39, 0.29) is 23.9 Å². The molecule has 0 atom stereocenters. The van der Waals surface area contributed by atoms with Crippen LogP contribution in [-0.2, 0) is 23.2 Å². The quantitative estimate of drug-likeness (QED) is 0.689. The molecule has 0 aliphatic heterocycles. The number of nitrogens with one attached hydrogen (secondary N) is 1. The van der Waals surface area contributed by atoms with Crippen LogP contribution in [-0.4, -0.2) is 15.5 Å². The molecule has 1 amide bonds. The molecule has 3 aromatic rings. The second-order valence-corrected chi connectivity index (χ2v) is 8.99. The van der Waals surface area contributed by atoms with Gasteiger partial charge in [-0.2, -0.15) is 0 Å². The molecule has 0 radical (unpaired) electrons. The Balaban J connectivity index is 2.24. The number of carbonyl (C=O) groups excluding carboxylic acids is 1. The second kappa shape index (κ2) is 7.39. The van der Waals surface area contributed by atoms with E-state index in [2.05, 4.69) is 37.9 Å². The van der Waals surface area contributed by atoms with E-state index in [4.69, 9.17) is 5.73 Å². The summed E-state index contributed by atoms with van der Waals surface area (Å²) >= 11 is 1.43. The van der Waals surface area contributed by atoms with E-state index in [9.17, 15) is 14.4 Å². The van der Waals surface area contributed by atoms with Gasteiger partial charge in [0.25, 0.3) is 5.56 Å². The minimum atomic E-state index is -0.552. The fourth-order valence-corrected chi connectivity index (χ4v) is 4.42. The van der Waals surface area contributed by atoms with Crippen molar-refractivity contribution in [3.8, 4) is 11.1 Å². The minimum Gasteiger partial charge on any atom is -0.370 e. The van der Waals surface area contributed by atoms with Crippen molar-refractivity contribution in [3.63, 3.8) is 0 Å². The van der Waals surface area contributed by atoms with E-state index >= 15 is 0 Å². The molecule has 0 bridgehead atoms. The second-order valence-electron chi connectivity index (χ2n) is 7.89. The number of benzene rings is 1. The summed E-state index contributed by atoms with van der Waals surface area (Å²) in [5.74, 6) is -0.552. The van der Waals surface area contributed by atoms with Crippen LogP contribution in [0.15, 0.2) is 33.9 Å². The first-order valence-electron chi connectivity index (χ1n) is 9.31. The van der Waals surface area contributed by atoms with E-state index in [0.717, 1.165) is 27.0 Å². The maximum Gasteiger partial charge on any atom is 0.329 e. The lowest BCUT2D eigenvalue weighted by Crippen LogP contribution is -2.36. The Hall–Kier alpha value is -2.67. The molecule has 0 spiro atoms. The zero-order valence-electron chi connectivity index (χ0n) is 16.6. The molecular formula is C21H25N3O3S. The summed E-state index contributed by atoms with van der Waals surface area (Å²) < 4.78 is 1.06. The monoisotopic (exact) mass is 399 g/mol. The van der Waals surface area contributed by atoms with Crippen LogP contribution in [0.25, 0.3) is 21.3 Å². The zero-order chi connectivity index (χ0) is 20.6. The minimum absolute atomic E-state index is 0.0286. The van der Waals surface area contributed by atoms with Gasteiger partial charge >= 0.3 is 5.69 Å². The largest absolute Gasteiger partial charge is 0.370 e. The van der Waals surface area contributed by atoms with Crippen LogP contribution >= 0.6 is 11.3 Å². The van der Waals surface area contributed by atoms with Crippen molar-refractivity contribution in [1.29, 1.82) is 0 Å². The van der Waals surface area contributed by atoms with Crippen molar-refractivity contribution in [2.24, 2.45) is 5.73 Å². The standard InChI is InChI=1S/C21H25N3O3S/c1-5-14-16(12-6-8-13(9-7-12)21(2,3)4)17-18(28-14)23-20(27)24(19(17)26)11-10-15(22)25/h6-9H,5,10-11H2,1-4H3,(H2,22,25)(H,23,27). The summed E-state index contributed by atoms with van der Waals surface area (Å²) in [5.41, 5.74) is 7.34. The SMILES string of the molecule is CCc1sc2[nH]c(=O)n(CCC(N)=O)c(=O)c2c1-c1ccc(C(C)(C)C)cc1. The summed E-state index contributed by atoms with van der Waals surface area (Å²) in [4.78, 5) is 40.9. The number of H-pyrrole nitrogens is 1. The van der Waals surface area contributed by atoms with Crippen LogP contribution in [0.5, 0.6) is 0 Å². The van der Waals surface area contributed by atoms with Gasteiger partial charge in [0.2, 0.25) is 5.91 Å². The fourth-order valence-electron chi connectivity index (χ4n) is 3.28. The molecule has 0 unspecified atom stereocenters. The number of primary amides is 1. The highest BCUT2D eigenvalue weighted by atomic mass is 32.1. The van der Waals surface area contributed by atoms with Gasteiger partial charge < -0.3 is 5.73 Å². The molecule has 7 heteroatoms. The Kier molecular flexibility index (Phi) is 5.30. The molecule has 0 saturated heterocycles. The number of amides is 1. The molecule has 2 heterocycles. The van der Waals surface area contributed by atoms with Crippen molar-refractivity contribution in [3.05, 3.63) is 55.5 Å². The van der Waals surface area contributed by atoms with Crippen LogP contribution < -0.4 is 17.0 Å². The number of nitrogens with two attached hydrogens (primary N) is 1. The first kappa shape index (κ1) is 20.1. The Labute approximate surface area is 167 Å².